The normalized spacial score (nSPS) is 12.6. The van der Waals surface area contributed by atoms with Gasteiger partial charge in [0.05, 0.1) is 11.2 Å². The van der Waals surface area contributed by atoms with Gasteiger partial charge in [-0.3, -0.25) is 4.79 Å². The molecular formula is C17H15ClN2O3. The summed E-state index contributed by atoms with van der Waals surface area (Å²) in [5, 5.41) is 4.42. The lowest BCUT2D eigenvalue weighted by Crippen LogP contribution is -2.17. The number of nitrogens with zero attached hydrogens (tertiary/aromatic N) is 1. The number of carbonyl (C=O) groups is 1. The Labute approximate surface area is 138 Å². The quantitative estimate of drug-likeness (QED) is 0.676. The largest absolute Gasteiger partial charge is 0.454 e. The van der Waals surface area contributed by atoms with Crippen LogP contribution in [0.15, 0.2) is 47.6 Å². The zero-order valence-electron chi connectivity index (χ0n) is 12.3. The molecule has 1 amide bonds. The summed E-state index contributed by atoms with van der Waals surface area (Å²) in [6.45, 7) is 0.183. The zero-order chi connectivity index (χ0) is 16.1. The van der Waals surface area contributed by atoms with Crippen LogP contribution in [-0.2, 0) is 11.2 Å². The number of fused-ring (bicyclic) bond motifs is 1. The van der Waals surface area contributed by atoms with E-state index in [1.165, 1.54) is 6.21 Å². The lowest BCUT2D eigenvalue weighted by Gasteiger charge is -2.02. The van der Waals surface area contributed by atoms with Crippen LogP contribution in [0.3, 0.4) is 0 Å². The number of ether oxygens (including phenoxy) is 2. The van der Waals surface area contributed by atoms with E-state index in [0.29, 0.717) is 34.9 Å². The molecule has 0 saturated heterocycles. The molecule has 2 aromatic carbocycles. The first-order chi connectivity index (χ1) is 11.2. The summed E-state index contributed by atoms with van der Waals surface area (Å²) in [5.74, 6) is 1.08. The van der Waals surface area contributed by atoms with E-state index in [1.807, 2.05) is 30.3 Å². The summed E-state index contributed by atoms with van der Waals surface area (Å²) in [7, 11) is 0. The molecule has 0 aliphatic carbocycles. The van der Waals surface area contributed by atoms with Crippen molar-refractivity contribution in [1.29, 1.82) is 0 Å². The molecule has 0 atom stereocenters. The highest BCUT2D eigenvalue weighted by Crippen LogP contribution is 2.36. The van der Waals surface area contributed by atoms with Gasteiger partial charge < -0.3 is 9.47 Å². The fraction of sp³-hybridized carbons (Fsp3) is 0.176. The van der Waals surface area contributed by atoms with Gasteiger partial charge in [0, 0.05) is 18.1 Å². The molecule has 3 rings (SSSR count). The van der Waals surface area contributed by atoms with Crippen molar-refractivity contribution in [2.24, 2.45) is 5.10 Å². The third-order valence-corrected chi connectivity index (χ3v) is 3.70. The van der Waals surface area contributed by atoms with E-state index in [2.05, 4.69) is 10.5 Å². The minimum atomic E-state index is -0.151. The molecule has 1 aliphatic heterocycles. The van der Waals surface area contributed by atoms with Gasteiger partial charge in [-0.05, 0) is 18.1 Å². The molecule has 5 nitrogen and oxygen atoms in total. The van der Waals surface area contributed by atoms with Crippen LogP contribution in [0.5, 0.6) is 11.5 Å². The second-order valence-electron chi connectivity index (χ2n) is 5.01. The van der Waals surface area contributed by atoms with Gasteiger partial charge in [-0.2, -0.15) is 5.10 Å². The molecule has 0 bridgehead atoms. The highest BCUT2D eigenvalue weighted by Gasteiger charge is 2.15. The van der Waals surface area contributed by atoms with E-state index >= 15 is 0 Å². The number of nitrogens with one attached hydrogen (secondary N) is 1. The summed E-state index contributed by atoms with van der Waals surface area (Å²) in [4.78, 5) is 11.8. The number of rotatable bonds is 5. The SMILES string of the molecule is O=C(CCc1ccccc1)N/N=C\c1cc2c(cc1Cl)OCO2. The Bertz CT molecular complexity index is 732. The predicted octanol–water partition coefficient (Wildman–Crippen LogP) is 3.15. The van der Waals surface area contributed by atoms with Crippen molar-refractivity contribution in [3.63, 3.8) is 0 Å². The smallest absolute Gasteiger partial charge is 0.240 e. The molecular weight excluding hydrogens is 316 g/mol. The lowest BCUT2D eigenvalue weighted by atomic mass is 10.1. The van der Waals surface area contributed by atoms with E-state index < -0.39 is 0 Å². The average Bonchev–Trinajstić information content (AvgIpc) is 3.01. The van der Waals surface area contributed by atoms with Crippen LogP contribution in [0.25, 0.3) is 0 Å². The van der Waals surface area contributed by atoms with Gasteiger partial charge in [-0.15, -0.1) is 0 Å². The Balaban J connectivity index is 1.53. The molecule has 6 heteroatoms. The van der Waals surface area contributed by atoms with Gasteiger partial charge in [0.25, 0.3) is 0 Å². The Kier molecular flexibility index (Phi) is 4.78. The molecule has 0 radical (unpaired) electrons. The summed E-state index contributed by atoms with van der Waals surface area (Å²) >= 11 is 6.12. The number of hydrazone groups is 1. The number of carbonyl (C=O) groups excluding carboxylic acids is 1. The fourth-order valence-corrected chi connectivity index (χ4v) is 2.37. The summed E-state index contributed by atoms with van der Waals surface area (Å²) in [6, 6.07) is 13.2. The van der Waals surface area contributed by atoms with Crippen LogP contribution in [-0.4, -0.2) is 18.9 Å². The first kappa shape index (κ1) is 15.4. The summed E-state index contributed by atoms with van der Waals surface area (Å²) < 4.78 is 10.5. The van der Waals surface area contributed by atoms with Crippen molar-refractivity contribution in [2.45, 2.75) is 12.8 Å². The molecule has 23 heavy (non-hydrogen) atoms. The summed E-state index contributed by atoms with van der Waals surface area (Å²) in [5.41, 5.74) is 4.26. The fourth-order valence-electron chi connectivity index (χ4n) is 2.16. The van der Waals surface area contributed by atoms with E-state index in [1.54, 1.807) is 12.1 Å². The predicted molar refractivity (Wildman–Crippen MR) is 88.1 cm³/mol. The molecule has 0 fully saturated rings. The van der Waals surface area contributed by atoms with Crippen molar-refractivity contribution in [2.75, 3.05) is 6.79 Å². The molecule has 0 spiro atoms. The van der Waals surface area contributed by atoms with E-state index in [0.717, 1.165) is 5.56 Å². The topological polar surface area (TPSA) is 59.9 Å². The minimum absolute atomic E-state index is 0.151. The Morgan fingerprint density at radius 1 is 1.22 bits per heavy atom. The molecule has 1 N–H and O–H groups in total. The first-order valence-electron chi connectivity index (χ1n) is 7.17. The second kappa shape index (κ2) is 7.15. The van der Waals surface area contributed by atoms with Crippen LogP contribution in [0.1, 0.15) is 17.5 Å². The molecule has 0 saturated carbocycles. The lowest BCUT2D eigenvalue weighted by molar-refractivity contribution is -0.121. The highest BCUT2D eigenvalue weighted by molar-refractivity contribution is 6.33. The van der Waals surface area contributed by atoms with Crippen LogP contribution < -0.4 is 14.9 Å². The van der Waals surface area contributed by atoms with Crippen LogP contribution in [0.2, 0.25) is 5.02 Å². The third kappa shape index (κ3) is 4.02. The molecule has 0 unspecified atom stereocenters. The third-order valence-electron chi connectivity index (χ3n) is 3.37. The van der Waals surface area contributed by atoms with E-state index in [4.69, 9.17) is 21.1 Å². The van der Waals surface area contributed by atoms with E-state index in [-0.39, 0.29) is 12.7 Å². The van der Waals surface area contributed by atoms with E-state index in [9.17, 15) is 4.79 Å². The van der Waals surface area contributed by atoms with Gasteiger partial charge in [0.1, 0.15) is 0 Å². The molecule has 1 aliphatic rings. The maximum absolute atomic E-state index is 11.8. The van der Waals surface area contributed by atoms with Crippen LogP contribution >= 0.6 is 11.6 Å². The number of hydrogen-bond acceptors (Lipinski definition) is 4. The minimum Gasteiger partial charge on any atom is -0.454 e. The molecule has 118 valence electrons. The molecule has 2 aromatic rings. The van der Waals surface area contributed by atoms with Crippen molar-refractivity contribution in [3.05, 3.63) is 58.6 Å². The number of amides is 1. The maximum atomic E-state index is 11.8. The zero-order valence-corrected chi connectivity index (χ0v) is 13.0. The first-order valence-corrected chi connectivity index (χ1v) is 7.55. The summed E-state index contributed by atoms with van der Waals surface area (Å²) in [6.07, 6.45) is 2.54. The van der Waals surface area contributed by atoms with Crippen molar-refractivity contribution in [3.8, 4) is 11.5 Å². The van der Waals surface area contributed by atoms with Crippen molar-refractivity contribution >= 4 is 23.7 Å². The monoisotopic (exact) mass is 330 g/mol. The van der Waals surface area contributed by atoms with Gasteiger partial charge in [-0.1, -0.05) is 41.9 Å². The Morgan fingerprint density at radius 3 is 2.74 bits per heavy atom. The van der Waals surface area contributed by atoms with Crippen molar-refractivity contribution < 1.29 is 14.3 Å². The van der Waals surface area contributed by atoms with Crippen LogP contribution in [0.4, 0.5) is 0 Å². The van der Waals surface area contributed by atoms with Gasteiger partial charge in [-0.25, -0.2) is 5.43 Å². The van der Waals surface area contributed by atoms with Crippen LogP contribution in [0, 0.1) is 0 Å². The Morgan fingerprint density at radius 2 is 1.96 bits per heavy atom. The second-order valence-corrected chi connectivity index (χ2v) is 5.41. The number of aryl methyl sites for hydroxylation is 1. The van der Waals surface area contributed by atoms with Gasteiger partial charge in [0.15, 0.2) is 11.5 Å². The number of halogens is 1. The molecule has 0 aromatic heterocycles. The van der Waals surface area contributed by atoms with Crippen molar-refractivity contribution in [1.82, 2.24) is 5.43 Å². The van der Waals surface area contributed by atoms with Gasteiger partial charge >= 0.3 is 0 Å². The Hall–Kier alpha value is -2.53. The highest BCUT2D eigenvalue weighted by atomic mass is 35.5. The standard InChI is InChI=1S/C17H15ClN2O3/c18-14-9-16-15(22-11-23-16)8-13(14)10-19-20-17(21)7-6-12-4-2-1-3-5-12/h1-5,8-10H,6-7,11H2,(H,20,21)/b19-10-. The number of hydrogen-bond donors (Lipinski definition) is 1. The number of benzene rings is 2. The average molecular weight is 331 g/mol. The van der Waals surface area contributed by atoms with Gasteiger partial charge in [0.2, 0.25) is 12.7 Å². The maximum Gasteiger partial charge on any atom is 0.240 e. The molecule has 1 heterocycles.